The molecule has 5 heteroatoms. The van der Waals surface area contributed by atoms with E-state index in [1.54, 1.807) is 18.2 Å². The van der Waals surface area contributed by atoms with Gasteiger partial charge in [-0.2, -0.15) is 5.10 Å². The molecule has 0 N–H and O–H groups in total. The van der Waals surface area contributed by atoms with E-state index >= 15 is 0 Å². The van der Waals surface area contributed by atoms with Crippen molar-refractivity contribution in [2.24, 2.45) is 0 Å². The summed E-state index contributed by atoms with van der Waals surface area (Å²) in [7, 11) is 0. The number of rotatable bonds is 4. The van der Waals surface area contributed by atoms with Gasteiger partial charge in [-0.15, -0.1) is 0 Å². The van der Waals surface area contributed by atoms with E-state index in [9.17, 15) is 4.79 Å². The van der Waals surface area contributed by atoms with Crippen LogP contribution in [0.15, 0.2) is 30.5 Å². The maximum absolute atomic E-state index is 12.3. The number of ketones is 1. The van der Waals surface area contributed by atoms with Gasteiger partial charge in [-0.25, -0.2) is 0 Å². The van der Waals surface area contributed by atoms with Crippen molar-refractivity contribution in [3.05, 3.63) is 41.7 Å². The van der Waals surface area contributed by atoms with Gasteiger partial charge in [0.2, 0.25) is 0 Å². The lowest BCUT2D eigenvalue weighted by Gasteiger charge is -2.18. The topological polar surface area (TPSA) is 53.4 Å². The number of hydrogen-bond acceptors (Lipinski definition) is 4. The fraction of sp³-hybridized carbons (Fsp3) is 0.375. The molecule has 5 nitrogen and oxygen atoms in total. The average Bonchev–Trinajstić information content (AvgIpc) is 2.95. The molecule has 0 radical (unpaired) electrons. The summed E-state index contributed by atoms with van der Waals surface area (Å²) in [5, 5.41) is 4.40. The van der Waals surface area contributed by atoms with Crippen LogP contribution in [0.25, 0.3) is 0 Å². The number of Topliss-reactive ketones (excluding diaryl/α,β-unsaturated/α-hetero) is 1. The zero-order chi connectivity index (χ0) is 14.8. The number of carbonyl (C=O) groups excluding carboxylic acids is 1. The summed E-state index contributed by atoms with van der Waals surface area (Å²) >= 11 is 0. The fourth-order valence-corrected chi connectivity index (χ4v) is 2.24. The minimum Gasteiger partial charge on any atom is -0.486 e. The first-order valence-corrected chi connectivity index (χ1v) is 7.10. The molecular formula is C16H18N2O3. The summed E-state index contributed by atoms with van der Waals surface area (Å²) < 4.78 is 12.8. The molecule has 110 valence electrons. The molecule has 2 aromatic rings. The third kappa shape index (κ3) is 2.91. The van der Waals surface area contributed by atoms with E-state index < -0.39 is 0 Å². The molecule has 0 fully saturated rings. The van der Waals surface area contributed by atoms with E-state index in [0.717, 1.165) is 5.69 Å². The molecule has 0 spiro atoms. The second-order valence-electron chi connectivity index (χ2n) is 5.34. The molecule has 2 heterocycles. The fourth-order valence-electron chi connectivity index (χ4n) is 2.24. The van der Waals surface area contributed by atoms with E-state index in [1.165, 1.54) is 0 Å². The van der Waals surface area contributed by atoms with Crippen LogP contribution in [-0.2, 0) is 6.42 Å². The van der Waals surface area contributed by atoms with Crippen LogP contribution in [0, 0.1) is 0 Å². The van der Waals surface area contributed by atoms with Gasteiger partial charge in [0.25, 0.3) is 0 Å². The molecule has 1 aliphatic rings. The molecule has 0 bridgehead atoms. The maximum atomic E-state index is 12.3. The normalized spacial score (nSPS) is 13.5. The lowest BCUT2D eigenvalue weighted by Crippen LogP contribution is -2.16. The predicted octanol–water partition coefficient (Wildman–Crippen LogP) is 2.66. The van der Waals surface area contributed by atoms with Crippen LogP contribution in [0.1, 0.15) is 35.9 Å². The van der Waals surface area contributed by atoms with Gasteiger partial charge in [-0.3, -0.25) is 9.48 Å². The molecule has 0 amide bonds. The van der Waals surface area contributed by atoms with E-state index in [1.807, 2.05) is 16.9 Å². The summed E-state index contributed by atoms with van der Waals surface area (Å²) in [5.74, 6) is 1.36. The molecular weight excluding hydrogens is 268 g/mol. The second kappa shape index (κ2) is 5.60. The minimum atomic E-state index is 0.0287. The van der Waals surface area contributed by atoms with E-state index in [0.29, 0.717) is 42.7 Å². The standard InChI is InChI=1S/C16H18N2O3/c1-11(2)18-6-5-13(17-18)10-14(19)12-3-4-15-16(9-12)21-8-7-20-15/h3-6,9,11H,7-8,10H2,1-2H3. The number of carbonyl (C=O) groups is 1. The summed E-state index contributed by atoms with van der Waals surface area (Å²) in [6.45, 7) is 5.18. The highest BCUT2D eigenvalue weighted by molar-refractivity contribution is 5.97. The molecule has 21 heavy (non-hydrogen) atoms. The molecule has 1 aliphatic heterocycles. The van der Waals surface area contributed by atoms with Crippen LogP contribution in [0.5, 0.6) is 11.5 Å². The van der Waals surface area contributed by atoms with Crippen LogP contribution >= 0.6 is 0 Å². The highest BCUT2D eigenvalue weighted by Gasteiger charge is 2.16. The number of nitrogens with zero attached hydrogens (tertiary/aromatic N) is 2. The van der Waals surface area contributed by atoms with Crippen LogP contribution in [0.2, 0.25) is 0 Å². The molecule has 0 unspecified atom stereocenters. The Balaban J connectivity index is 1.75. The molecule has 0 atom stereocenters. The Morgan fingerprint density at radius 3 is 2.71 bits per heavy atom. The maximum Gasteiger partial charge on any atom is 0.169 e. The minimum absolute atomic E-state index is 0.0287. The average molecular weight is 286 g/mol. The van der Waals surface area contributed by atoms with Gasteiger partial charge in [0.15, 0.2) is 17.3 Å². The Morgan fingerprint density at radius 1 is 1.24 bits per heavy atom. The molecule has 0 aliphatic carbocycles. The SMILES string of the molecule is CC(C)n1ccc(CC(=O)c2ccc3c(c2)OCCO3)n1. The van der Waals surface area contributed by atoms with Crippen molar-refractivity contribution in [2.75, 3.05) is 13.2 Å². The van der Waals surface area contributed by atoms with Crippen LogP contribution in [0.4, 0.5) is 0 Å². The van der Waals surface area contributed by atoms with Crippen molar-refractivity contribution in [1.29, 1.82) is 0 Å². The van der Waals surface area contributed by atoms with Crippen molar-refractivity contribution in [3.8, 4) is 11.5 Å². The number of benzene rings is 1. The lowest BCUT2D eigenvalue weighted by molar-refractivity contribution is 0.0990. The Morgan fingerprint density at radius 2 is 2.00 bits per heavy atom. The third-order valence-corrected chi connectivity index (χ3v) is 3.40. The first kappa shape index (κ1) is 13.7. The zero-order valence-electron chi connectivity index (χ0n) is 12.2. The Bertz CT molecular complexity index is 661. The van der Waals surface area contributed by atoms with Gasteiger partial charge < -0.3 is 9.47 Å². The van der Waals surface area contributed by atoms with Crippen LogP contribution in [0.3, 0.4) is 0 Å². The molecule has 1 aromatic heterocycles. The zero-order valence-corrected chi connectivity index (χ0v) is 12.2. The van der Waals surface area contributed by atoms with Crippen LogP contribution < -0.4 is 9.47 Å². The smallest absolute Gasteiger partial charge is 0.169 e. The molecule has 0 saturated heterocycles. The van der Waals surface area contributed by atoms with E-state index in [4.69, 9.17) is 9.47 Å². The highest BCUT2D eigenvalue weighted by atomic mass is 16.6. The van der Waals surface area contributed by atoms with Gasteiger partial charge in [0.05, 0.1) is 12.1 Å². The van der Waals surface area contributed by atoms with Crippen LogP contribution in [-0.4, -0.2) is 28.8 Å². The van der Waals surface area contributed by atoms with Gasteiger partial charge in [0, 0.05) is 17.8 Å². The van der Waals surface area contributed by atoms with Gasteiger partial charge >= 0.3 is 0 Å². The lowest BCUT2D eigenvalue weighted by atomic mass is 10.1. The van der Waals surface area contributed by atoms with Gasteiger partial charge in [0.1, 0.15) is 13.2 Å². The quantitative estimate of drug-likeness (QED) is 0.811. The van der Waals surface area contributed by atoms with Crippen molar-refractivity contribution < 1.29 is 14.3 Å². The van der Waals surface area contributed by atoms with Crippen molar-refractivity contribution in [3.63, 3.8) is 0 Å². The Hall–Kier alpha value is -2.30. The predicted molar refractivity (Wildman–Crippen MR) is 78.1 cm³/mol. The third-order valence-electron chi connectivity index (χ3n) is 3.40. The van der Waals surface area contributed by atoms with Crippen molar-refractivity contribution in [1.82, 2.24) is 9.78 Å². The number of fused-ring (bicyclic) bond motifs is 1. The highest BCUT2D eigenvalue weighted by Crippen LogP contribution is 2.31. The number of ether oxygens (including phenoxy) is 2. The number of hydrogen-bond donors (Lipinski definition) is 0. The Kier molecular flexibility index (Phi) is 3.64. The second-order valence-corrected chi connectivity index (χ2v) is 5.34. The molecule has 3 rings (SSSR count). The largest absolute Gasteiger partial charge is 0.486 e. The first-order valence-electron chi connectivity index (χ1n) is 7.10. The summed E-state index contributed by atoms with van der Waals surface area (Å²) in [4.78, 5) is 12.3. The van der Waals surface area contributed by atoms with E-state index in [-0.39, 0.29) is 5.78 Å². The van der Waals surface area contributed by atoms with Crippen molar-refractivity contribution in [2.45, 2.75) is 26.3 Å². The first-order chi connectivity index (χ1) is 10.1. The van der Waals surface area contributed by atoms with Crippen molar-refractivity contribution >= 4 is 5.78 Å². The van der Waals surface area contributed by atoms with Gasteiger partial charge in [-0.05, 0) is 38.1 Å². The monoisotopic (exact) mass is 286 g/mol. The summed E-state index contributed by atoms with van der Waals surface area (Å²) in [6.07, 6.45) is 2.19. The Labute approximate surface area is 123 Å². The van der Waals surface area contributed by atoms with Gasteiger partial charge in [-0.1, -0.05) is 0 Å². The number of aromatic nitrogens is 2. The summed E-state index contributed by atoms with van der Waals surface area (Å²) in [5.41, 5.74) is 1.40. The van der Waals surface area contributed by atoms with E-state index in [2.05, 4.69) is 18.9 Å². The summed E-state index contributed by atoms with van der Waals surface area (Å²) in [6, 6.07) is 7.48. The molecule has 0 saturated carbocycles. The molecule has 1 aromatic carbocycles.